The summed E-state index contributed by atoms with van der Waals surface area (Å²) in [6.45, 7) is 5.25. The molecule has 0 aliphatic carbocycles. The van der Waals surface area contributed by atoms with E-state index in [2.05, 4.69) is 124 Å². The molecule has 0 aliphatic rings. The molecule has 4 nitrogen and oxygen atoms in total. The molecule has 4 aromatic heterocycles. The zero-order valence-corrected chi connectivity index (χ0v) is 22.8. The lowest BCUT2D eigenvalue weighted by atomic mass is 10.0. The molecule has 0 bridgehead atoms. The molecular weight excluding hydrogens is 500 g/mol. The van der Waals surface area contributed by atoms with E-state index < -0.39 is 0 Å². The van der Waals surface area contributed by atoms with Crippen LogP contribution in [0.1, 0.15) is 6.92 Å². The van der Waals surface area contributed by atoms with Crippen LogP contribution in [-0.2, 0) is 0 Å². The number of benzene rings is 4. The predicted molar refractivity (Wildman–Crippen MR) is 172 cm³/mol. The van der Waals surface area contributed by atoms with E-state index in [4.69, 9.17) is 4.98 Å². The molecule has 8 aromatic rings. The number of pyridine rings is 2. The SMILES string of the molecule is C=CC.c1ccc(-n2ccc3cc4cc5c(cc4cc32)c2ccccc2n5-c2ccc(-c3ccccn3)nc2)cc1. The quantitative estimate of drug-likeness (QED) is 0.214. The Kier molecular flexibility index (Phi) is 6.14. The topological polar surface area (TPSA) is 35.6 Å². The monoisotopic (exact) mass is 528 g/mol. The van der Waals surface area contributed by atoms with Crippen LogP contribution in [0, 0.1) is 0 Å². The van der Waals surface area contributed by atoms with E-state index in [0.29, 0.717) is 0 Å². The molecule has 4 aromatic carbocycles. The van der Waals surface area contributed by atoms with Crippen molar-refractivity contribution in [2.24, 2.45) is 0 Å². The fourth-order valence-electron chi connectivity index (χ4n) is 5.62. The van der Waals surface area contributed by atoms with Gasteiger partial charge in [0.2, 0.25) is 0 Å². The lowest BCUT2D eigenvalue weighted by Crippen LogP contribution is -1.96. The highest BCUT2D eigenvalue weighted by Gasteiger charge is 2.15. The third-order valence-corrected chi connectivity index (χ3v) is 7.41. The fraction of sp³-hybridized carbons (Fsp3) is 0.0270. The average Bonchev–Trinajstić information content (AvgIpc) is 3.58. The minimum Gasteiger partial charge on any atom is -0.317 e. The van der Waals surface area contributed by atoms with Crippen LogP contribution in [0.25, 0.3) is 66.2 Å². The van der Waals surface area contributed by atoms with Crippen LogP contribution in [0.3, 0.4) is 0 Å². The second kappa shape index (κ2) is 10.2. The zero-order chi connectivity index (χ0) is 27.8. The largest absolute Gasteiger partial charge is 0.317 e. The highest BCUT2D eigenvalue weighted by Crippen LogP contribution is 2.36. The van der Waals surface area contributed by atoms with Gasteiger partial charge in [0.25, 0.3) is 0 Å². The Morgan fingerprint density at radius 1 is 0.585 bits per heavy atom. The summed E-state index contributed by atoms with van der Waals surface area (Å²) in [5.74, 6) is 0. The first-order valence-corrected chi connectivity index (χ1v) is 13.7. The Labute approximate surface area is 238 Å². The molecule has 196 valence electrons. The summed E-state index contributed by atoms with van der Waals surface area (Å²) in [6.07, 6.45) is 7.65. The molecule has 0 unspecified atom stereocenters. The number of para-hydroxylation sites is 2. The molecule has 41 heavy (non-hydrogen) atoms. The van der Waals surface area contributed by atoms with E-state index in [1.807, 2.05) is 31.3 Å². The normalized spacial score (nSPS) is 11.1. The number of hydrogen-bond acceptors (Lipinski definition) is 2. The van der Waals surface area contributed by atoms with Gasteiger partial charge in [0.15, 0.2) is 0 Å². The Morgan fingerprint density at radius 2 is 1.32 bits per heavy atom. The second-order valence-electron chi connectivity index (χ2n) is 10.0. The van der Waals surface area contributed by atoms with Gasteiger partial charge in [-0.3, -0.25) is 9.97 Å². The highest BCUT2D eigenvalue weighted by molar-refractivity contribution is 6.15. The minimum absolute atomic E-state index is 0.867. The van der Waals surface area contributed by atoms with Crippen LogP contribution in [0.2, 0.25) is 0 Å². The molecule has 0 saturated heterocycles. The molecule has 0 saturated carbocycles. The number of allylic oxidation sites excluding steroid dienone is 1. The average molecular weight is 529 g/mol. The van der Waals surface area contributed by atoms with Crippen molar-refractivity contribution in [3.05, 3.63) is 147 Å². The van der Waals surface area contributed by atoms with Gasteiger partial charge in [-0.2, -0.15) is 0 Å². The summed E-state index contributed by atoms with van der Waals surface area (Å²) in [4.78, 5) is 9.22. The van der Waals surface area contributed by atoms with Gasteiger partial charge in [-0.25, -0.2) is 0 Å². The van der Waals surface area contributed by atoms with Crippen molar-refractivity contribution in [2.75, 3.05) is 0 Å². The van der Waals surface area contributed by atoms with Crippen LogP contribution >= 0.6 is 0 Å². The van der Waals surface area contributed by atoms with Crippen molar-refractivity contribution in [3.8, 4) is 22.8 Å². The summed E-state index contributed by atoms with van der Waals surface area (Å²) < 4.78 is 4.58. The second-order valence-corrected chi connectivity index (χ2v) is 10.0. The smallest absolute Gasteiger partial charge is 0.0887 e. The van der Waals surface area contributed by atoms with E-state index in [1.165, 1.54) is 49.2 Å². The summed E-state index contributed by atoms with van der Waals surface area (Å²) in [6, 6.07) is 40.7. The standard InChI is InChI=1S/C34H22N4.C3H6/c1-2-8-26(9-3-1)37-17-15-23-18-24-21-34-29(19-25(24)20-33(23)37)28-10-4-5-12-32(28)38(34)27-13-14-31(36-22-27)30-11-6-7-16-35-30;1-3-2/h1-22H;3H,1H2,2H3. The first kappa shape index (κ1) is 24.6. The van der Waals surface area contributed by atoms with Gasteiger partial charge in [0.05, 0.1) is 39.8 Å². The number of hydrogen-bond donors (Lipinski definition) is 0. The minimum atomic E-state index is 0.867. The Hall–Kier alpha value is -5.48. The third-order valence-electron chi connectivity index (χ3n) is 7.41. The number of aromatic nitrogens is 4. The van der Waals surface area contributed by atoms with Crippen LogP contribution in [-0.4, -0.2) is 19.1 Å². The van der Waals surface area contributed by atoms with Gasteiger partial charge in [0.1, 0.15) is 0 Å². The number of fused-ring (bicyclic) bond motifs is 5. The van der Waals surface area contributed by atoms with Gasteiger partial charge in [-0.15, -0.1) is 6.58 Å². The van der Waals surface area contributed by atoms with Crippen molar-refractivity contribution < 1.29 is 0 Å². The van der Waals surface area contributed by atoms with Crippen LogP contribution in [0.4, 0.5) is 0 Å². The molecule has 0 N–H and O–H groups in total. The van der Waals surface area contributed by atoms with Gasteiger partial charge in [-0.05, 0) is 90.5 Å². The Balaban J connectivity index is 0.000000884. The maximum Gasteiger partial charge on any atom is 0.0887 e. The van der Waals surface area contributed by atoms with Crippen molar-refractivity contribution in [2.45, 2.75) is 6.92 Å². The van der Waals surface area contributed by atoms with Crippen molar-refractivity contribution in [1.29, 1.82) is 0 Å². The summed E-state index contributed by atoms with van der Waals surface area (Å²) in [7, 11) is 0. The fourth-order valence-corrected chi connectivity index (χ4v) is 5.62. The molecule has 0 fully saturated rings. The molecule has 8 rings (SSSR count). The van der Waals surface area contributed by atoms with Gasteiger partial charge in [-0.1, -0.05) is 48.5 Å². The van der Waals surface area contributed by atoms with Crippen molar-refractivity contribution in [1.82, 2.24) is 19.1 Å². The molecule has 4 heterocycles. The lowest BCUT2D eigenvalue weighted by Gasteiger charge is -2.10. The van der Waals surface area contributed by atoms with Crippen LogP contribution < -0.4 is 0 Å². The summed E-state index contributed by atoms with van der Waals surface area (Å²) in [5, 5.41) is 6.14. The molecule has 0 atom stereocenters. The predicted octanol–water partition coefficient (Wildman–Crippen LogP) is 9.53. The van der Waals surface area contributed by atoms with Gasteiger partial charge >= 0.3 is 0 Å². The molecular formula is C37H28N4. The van der Waals surface area contributed by atoms with Crippen molar-refractivity contribution in [3.63, 3.8) is 0 Å². The molecule has 0 aliphatic heterocycles. The van der Waals surface area contributed by atoms with E-state index in [-0.39, 0.29) is 0 Å². The third kappa shape index (κ3) is 4.26. The lowest BCUT2D eigenvalue weighted by molar-refractivity contribution is 1.13. The summed E-state index contributed by atoms with van der Waals surface area (Å²) >= 11 is 0. The molecule has 0 spiro atoms. The number of nitrogens with zero attached hydrogens (tertiary/aromatic N) is 4. The Bertz CT molecular complexity index is 2150. The van der Waals surface area contributed by atoms with Crippen molar-refractivity contribution >= 4 is 43.5 Å². The van der Waals surface area contributed by atoms with E-state index in [1.54, 1.807) is 12.3 Å². The maximum absolute atomic E-state index is 4.77. The van der Waals surface area contributed by atoms with E-state index in [0.717, 1.165) is 17.1 Å². The molecule has 4 heteroatoms. The zero-order valence-electron chi connectivity index (χ0n) is 22.8. The first-order valence-electron chi connectivity index (χ1n) is 13.7. The Morgan fingerprint density at radius 3 is 2.10 bits per heavy atom. The number of rotatable bonds is 3. The van der Waals surface area contributed by atoms with Crippen LogP contribution in [0.15, 0.2) is 147 Å². The highest BCUT2D eigenvalue weighted by atomic mass is 15.0. The summed E-state index contributed by atoms with van der Waals surface area (Å²) in [5.41, 5.74) is 7.50. The van der Waals surface area contributed by atoms with Gasteiger partial charge in [0, 0.05) is 34.2 Å². The molecule has 0 radical (unpaired) electrons. The van der Waals surface area contributed by atoms with Crippen LogP contribution in [0.5, 0.6) is 0 Å². The first-order chi connectivity index (χ1) is 20.2. The van der Waals surface area contributed by atoms with E-state index >= 15 is 0 Å². The van der Waals surface area contributed by atoms with Gasteiger partial charge < -0.3 is 9.13 Å². The molecule has 0 amide bonds. The maximum atomic E-state index is 4.77. The van der Waals surface area contributed by atoms with E-state index in [9.17, 15) is 0 Å².